The average Bonchev–Trinajstić information content (AvgIpc) is 2.50. The van der Waals surface area contributed by atoms with E-state index in [1.807, 2.05) is 0 Å². The third-order valence-corrected chi connectivity index (χ3v) is 2.75. The summed E-state index contributed by atoms with van der Waals surface area (Å²) in [6, 6.07) is 0. The maximum Gasteiger partial charge on any atom is 0.160 e. The smallest absolute Gasteiger partial charge is 0.160 e. The number of carbonyl (C=O) groups excluding carboxylic acids is 1. The first-order chi connectivity index (χ1) is 10.0. The number of aliphatic hydroxyl groups excluding tert-OH is 9. The molecule has 0 amide bonds. The summed E-state index contributed by atoms with van der Waals surface area (Å²) in [6.07, 6.45) is -10.2. The van der Waals surface area contributed by atoms with Gasteiger partial charge in [-0.25, -0.2) is 0 Å². The van der Waals surface area contributed by atoms with Crippen LogP contribution >= 0.6 is 0 Å². The Kier molecular flexibility index (Phi) is 12.7. The monoisotopic (exact) mass is 330 g/mol. The molecule has 0 rings (SSSR count). The lowest BCUT2D eigenvalue weighted by molar-refractivity contribution is -0.137. The minimum Gasteiger partial charge on any atom is -0.394 e. The molecule has 0 aromatic heterocycles. The van der Waals surface area contributed by atoms with Crippen molar-refractivity contribution in [3.8, 4) is 0 Å². The van der Waals surface area contributed by atoms with Crippen LogP contribution < -0.4 is 0 Å². The predicted octanol–water partition coefficient (Wildman–Crippen LogP) is -4.91. The molecule has 0 fully saturated rings. The van der Waals surface area contributed by atoms with Gasteiger partial charge in [0.2, 0.25) is 0 Å². The summed E-state index contributed by atoms with van der Waals surface area (Å²) < 4.78 is 0. The molecule has 9 N–H and O–H groups in total. The van der Waals surface area contributed by atoms with Gasteiger partial charge in [0, 0.05) is 0 Å². The van der Waals surface area contributed by atoms with Gasteiger partial charge in [-0.1, -0.05) is 0 Å². The normalized spacial score (nSPS) is 20.7. The largest absolute Gasteiger partial charge is 0.394 e. The molecule has 0 heterocycles. The Morgan fingerprint density at radius 2 is 1.14 bits per heavy atom. The van der Waals surface area contributed by atoms with E-state index in [4.69, 9.17) is 46.0 Å². The Morgan fingerprint density at radius 3 is 1.41 bits per heavy atom. The van der Waals surface area contributed by atoms with Crippen molar-refractivity contribution in [1.82, 2.24) is 0 Å². The SMILES string of the molecule is CC(=O)[C@H](O)[C@@H](O)[C@@H](O)CO.C[C@H](O)[C@H](O)[C@@H](O)[C@@H](O)CO. The number of carbonyl (C=O) groups is 1. The number of ketones is 1. The van der Waals surface area contributed by atoms with Gasteiger partial charge in [-0.15, -0.1) is 0 Å². The molecule has 0 aliphatic rings. The molecule has 0 bridgehead atoms. The predicted molar refractivity (Wildman–Crippen MR) is 72.6 cm³/mol. The van der Waals surface area contributed by atoms with Crippen LogP contribution in [0.2, 0.25) is 0 Å². The fourth-order valence-electron chi connectivity index (χ4n) is 1.18. The first-order valence-corrected chi connectivity index (χ1v) is 6.49. The lowest BCUT2D eigenvalue weighted by Crippen LogP contribution is -2.44. The van der Waals surface area contributed by atoms with Crippen LogP contribution in [0.4, 0.5) is 0 Å². The Balaban J connectivity index is 0. The van der Waals surface area contributed by atoms with Crippen molar-refractivity contribution in [2.45, 2.75) is 56.6 Å². The number of hydrogen-bond acceptors (Lipinski definition) is 10. The number of rotatable bonds is 8. The second kappa shape index (κ2) is 11.8. The Labute approximate surface area is 127 Å². The molecule has 7 atom stereocenters. The van der Waals surface area contributed by atoms with Gasteiger partial charge < -0.3 is 46.0 Å². The average molecular weight is 330 g/mol. The van der Waals surface area contributed by atoms with Crippen LogP contribution in [0.1, 0.15) is 13.8 Å². The van der Waals surface area contributed by atoms with Gasteiger partial charge in [-0.3, -0.25) is 4.79 Å². The van der Waals surface area contributed by atoms with Gasteiger partial charge in [-0.2, -0.15) is 0 Å². The summed E-state index contributed by atoms with van der Waals surface area (Å²) in [5, 5.41) is 78.4. The zero-order valence-corrected chi connectivity index (χ0v) is 12.4. The topological polar surface area (TPSA) is 199 Å². The second-order valence-corrected chi connectivity index (χ2v) is 4.77. The van der Waals surface area contributed by atoms with Crippen molar-refractivity contribution in [2.75, 3.05) is 13.2 Å². The summed E-state index contributed by atoms with van der Waals surface area (Å²) in [5.74, 6) is -0.648. The highest BCUT2D eigenvalue weighted by atomic mass is 16.4. The molecule has 0 radical (unpaired) electrons. The molecular formula is C12H26O10. The summed E-state index contributed by atoms with van der Waals surface area (Å²) >= 11 is 0. The zero-order valence-electron chi connectivity index (χ0n) is 12.4. The van der Waals surface area contributed by atoms with Gasteiger partial charge in [0.1, 0.15) is 36.6 Å². The highest BCUT2D eigenvalue weighted by Crippen LogP contribution is 2.03. The number of Topliss-reactive ketones (excluding diaryl/α,β-unsaturated/α-hetero) is 1. The summed E-state index contributed by atoms with van der Waals surface area (Å²) in [5.41, 5.74) is 0. The number of aliphatic hydroxyl groups is 9. The molecule has 22 heavy (non-hydrogen) atoms. The Morgan fingerprint density at radius 1 is 0.773 bits per heavy atom. The van der Waals surface area contributed by atoms with Gasteiger partial charge in [0.25, 0.3) is 0 Å². The first kappa shape index (κ1) is 23.6. The molecule has 0 saturated heterocycles. The van der Waals surface area contributed by atoms with Crippen LogP contribution in [-0.4, -0.2) is 108 Å². The molecule has 0 aliphatic carbocycles. The van der Waals surface area contributed by atoms with Crippen LogP contribution in [0.3, 0.4) is 0 Å². The minimum atomic E-state index is -1.63. The van der Waals surface area contributed by atoms with Crippen molar-refractivity contribution in [2.24, 2.45) is 0 Å². The van der Waals surface area contributed by atoms with Crippen molar-refractivity contribution >= 4 is 5.78 Å². The Hall–Kier alpha value is -0.690. The molecule has 0 spiro atoms. The summed E-state index contributed by atoms with van der Waals surface area (Å²) in [4.78, 5) is 10.4. The van der Waals surface area contributed by atoms with E-state index in [1.54, 1.807) is 0 Å². The fraction of sp³-hybridized carbons (Fsp3) is 0.917. The lowest BCUT2D eigenvalue weighted by atomic mass is 10.1. The van der Waals surface area contributed by atoms with E-state index >= 15 is 0 Å². The van der Waals surface area contributed by atoms with Crippen LogP contribution in [0.5, 0.6) is 0 Å². The minimum absolute atomic E-state index is 0.648. The molecule has 0 aromatic rings. The van der Waals surface area contributed by atoms with Crippen LogP contribution in [0.25, 0.3) is 0 Å². The van der Waals surface area contributed by atoms with Gasteiger partial charge in [0.05, 0.1) is 19.3 Å². The van der Waals surface area contributed by atoms with Crippen molar-refractivity contribution in [1.29, 1.82) is 0 Å². The molecule has 10 nitrogen and oxygen atoms in total. The van der Waals surface area contributed by atoms with E-state index < -0.39 is 61.7 Å². The maximum atomic E-state index is 10.4. The van der Waals surface area contributed by atoms with E-state index in [-0.39, 0.29) is 0 Å². The highest BCUT2D eigenvalue weighted by molar-refractivity contribution is 5.80. The molecule has 0 unspecified atom stereocenters. The van der Waals surface area contributed by atoms with E-state index in [0.717, 1.165) is 6.92 Å². The quantitative estimate of drug-likeness (QED) is 0.208. The van der Waals surface area contributed by atoms with Crippen LogP contribution in [-0.2, 0) is 4.79 Å². The van der Waals surface area contributed by atoms with Crippen LogP contribution in [0.15, 0.2) is 0 Å². The van der Waals surface area contributed by atoms with Crippen molar-refractivity contribution in [3.63, 3.8) is 0 Å². The third kappa shape index (κ3) is 8.68. The molecule has 0 aliphatic heterocycles. The van der Waals surface area contributed by atoms with Crippen LogP contribution in [0, 0.1) is 0 Å². The summed E-state index contributed by atoms with van der Waals surface area (Å²) in [6.45, 7) is 1.02. The fourth-order valence-corrected chi connectivity index (χ4v) is 1.18. The second-order valence-electron chi connectivity index (χ2n) is 4.77. The summed E-state index contributed by atoms with van der Waals surface area (Å²) in [7, 11) is 0. The highest BCUT2D eigenvalue weighted by Gasteiger charge is 2.27. The Bertz CT molecular complexity index is 298. The van der Waals surface area contributed by atoms with E-state index in [1.165, 1.54) is 6.92 Å². The van der Waals surface area contributed by atoms with Gasteiger partial charge in [0.15, 0.2) is 5.78 Å². The van der Waals surface area contributed by atoms with E-state index in [2.05, 4.69) is 0 Å². The number of hydrogen-bond donors (Lipinski definition) is 9. The van der Waals surface area contributed by atoms with E-state index in [9.17, 15) is 4.79 Å². The van der Waals surface area contributed by atoms with Gasteiger partial charge in [-0.05, 0) is 13.8 Å². The molecule has 0 saturated carbocycles. The third-order valence-electron chi connectivity index (χ3n) is 2.75. The molecule has 0 aromatic carbocycles. The van der Waals surface area contributed by atoms with Gasteiger partial charge >= 0.3 is 0 Å². The van der Waals surface area contributed by atoms with E-state index in [0.29, 0.717) is 0 Å². The first-order valence-electron chi connectivity index (χ1n) is 6.49. The molecular weight excluding hydrogens is 304 g/mol. The molecule has 134 valence electrons. The molecule has 10 heteroatoms. The standard InChI is InChI=1S/C6H14O5.C6H12O5/c2*1-3(8)5(10)6(11)4(9)2-7/h3-11H,2H2,1H3;4-7,9-11H,2H2,1H3/t3-,4-,5-,6-;4-,5-,6-/m00/s1. The van der Waals surface area contributed by atoms with Crippen molar-refractivity contribution < 1.29 is 50.8 Å². The van der Waals surface area contributed by atoms with Crippen molar-refractivity contribution in [3.05, 3.63) is 0 Å². The lowest BCUT2D eigenvalue weighted by Gasteiger charge is -2.23. The zero-order chi connectivity index (χ0) is 18.0. The maximum absolute atomic E-state index is 10.4.